The average Bonchev–Trinajstić information content (AvgIpc) is 3.13. The van der Waals surface area contributed by atoms with E-state index in [-0.39, 0.29) is 23.4 Å². The number of H-pyrrole nitrogens is 1. The summed E-state index contributed by atoms with van der Waals surface area (Å²) in [5.74, 6) is -0.953. The van der Waals surface area contributed by atoms with E-state index in [1.807, 2.05) is 0 Å². The predicted molar refractivity (Wildman–Crippen MR) is 107 cm³/mol. The van der Waals surface area contributed by atoms with Gasteiger partial charge < -0.3 is 20.9 Å². The molecule has 150 valence electrons. The summed E-state index contributed by atoms with van der Waals surface area (Å²) in [6, 6.07) is 8.11. The van der Waals surface area contributed by atoms with Gasteiger partial charge in [-0.15, -0.1) is 0 Å². The second-order valence-corrected chi connectivity index (χ2v) is 7.42. The number of rotatable bonds is 4. The Morgan fingerprint density at radius 1 is 1.10 bits per heavy atom. The SMILES string of the molecule is NC(=O)c1cc2c([nH]c1=O)CCCC2NC(=O)c1ccc(N2CCCC2=O)cc1. The fourth-order valence-electron chi connectivity index (χ4n) is 4.03. The van der Waals surface area contributed by atoms with E-state index in [9.17, 15) is 19.2 Å². The van der Waals surface area contributed by atoms with E-state index < -0.39 is 11.5 Å². The van der Waals surface area contributed by atoms with Gasteiger partial charge in [0.05, 0.1) is 6.04 Å². The summed E-state index contributed by atoms with van der Waals surface area (Å²) in [5.41, 5.74) is 7.38. The maximum absolute atomic E-state index is 12.8. The van der Waals surface area contributed by atoms with Crippen molar-refractivity contribution < 1.29 is 14.4 Å². The number of primary amides is 1. The Labute approximate surface area is 167 Å². The Morgan fingerprint density at radius 3 is 2.52 bits per heavy atom. The van der Waals surface area contributed by atoms with Crippen LogP contribution in [0.3, 0.4) is 0 Å². The first-order valence-electron chi connectivity index (χ1n) is 9.71. The Balaban J connectivity index is 1.54. The highest BCUT2D eigenvalue weighted by Crippen LogP contribution is 2.29. The second-order valence-electron chi connectivity index (χ2n) is 7.42. The first-order valence-corrected chi connectivity index (χ1v) is 9.71. The van der Waals surface area contributed by atoms with Crippen LogP contribution in [0.4, 0.5) is 5.69 Å². The molecule has 1 saturated heterocycles. The quantitative estimate of drug-likeness (QED) is 0.725. The zero-order valence-electron chi connectivity index (χ0n) is 15.9. The van der Waals surface area contributed by atoms with Gasteiger partial charge in [-0.2, -0.15) is 0 Å². The predicted octanol–water partition coefficient (Wildman–Crippen LogP) is 1.41. The zero-order chi connectivity index (χ0) is 20.5. The number of aromatic amines is 1. The maximum Gasteiger partial charge on any atom is 0.261 e. The third-order valence-electron chi connectivity index (χ3n) is 5.54. The normalized spacial score (nSPS) is 18.4. The molecule has 2 aromatic rings. The van der Waals surface area contributed by atoms with E-state index >= 15 is 0 Å². The van der Waals surface area contributed by atoms with E-state index in [0.717, 1.165) is 29.8 Å². The van der Waals surface area contributed by atoms with E-state index in [0.29, 0.717) is 31.4 Å². The van der Waals surface area contributed by atoms with Crippen LogP contribution in [-0.4, -0.2) is 29.3 Å². The lowest BCUT2D eigenvalue weighted by Gasteiger charge is -2.26. The molecule has 1 aliphatic heterocycles. The van der Waals surface area contributed by atoms with Crippen LogP contribution in [0.5, 0.6) is 0 Å². The lowest BCUT2D eigenvalue weighted by molar-refractivity contribution is -0.117. The van der Waals surface area contributed by atoms with Gasteiger partial charge in [0.1, 0.15) is 5.56 Å². The number of hydrogen-bond acceptors (Lipinski definition) is 4. The number of carbonyl (C=O) groups excluding carboxylic acids is 3. The first-order chi connectivity index (χ1) is 13.9. The van der Waals surface area contributed by atoms with E-state index in [2.05, 4.69) is 10.3 Å². The first kappa shape index (κ1) is 18.9. The number of nitrogens with one attached hydrogen (secondary N) is 2. The van der Waals surface area contributed by atoms with Crippen molar-refractivity contribution in [2.45, 2.75) is 38.1 Å². The van der Waals surface area contributed by atoms with E-state index in [4.69, 9.17) is 5.73 Å². The van der Waals surface area contributed by atoms with Gasteiger partial charge in [-0.3, -0.25) is 19.2 Å². The number of anilines is 1. The average molecular weight is 394 g/mol. The van der Waals surface area contributed by atoms with Crippen LogP contribution in [0.2, 0.25) is 0 Å². The molecule has 1 aromatic heterocycles. The summed E-state index contributed by atoms with van der Waals surface area (Å²) < 4.78 is 0. The molecule has 4 rings (SSSR count). The van der Waals surface area contributed by atoms with Crippen molar-refractivity contribution >= 4 is 23.4 Å². The summed E-state index contributed by atoms with van der Waals surface area (Å²) >= 11 is 0. The van der Waals surface area contributed by atoms with Gasteiger partial charge in [0, 0.05) is 29.9 Å². The molecular weight excluding hydrogens is 372 g/mol. The molecule has 1 fully saturated rings. The Hall–Kier alpha value is -3.42. The summed E-state index contributed by atoms with van der Waals surface area (Å²) in [6.45, 7) is 0.698. The lowest BCUT2D eigenvalue weighted by Crippen LogP contribution is -2.34. The third-order valence-corrected chi connectivity index (χ3v) is 5.54. The fourth-order valence-corrected chi connectivity index (χ4v) is 4.03. The fraction of sp³-hybridized carbons (Fsp3) is 0.333. The number of pyridine rings is 1. The molecule has 0 saturated carbocycles. The van der Waals surface area contributed by atoms with Gasteiger partial charge >= 0.3 is 0 Å². The molecular formula is C21H22N4O4. The minimum atomic E-state index is -0.795. The largest absolute Gasteiger partial charge is 0.365 e. The van der Waals surface area contributed by atoms with Gasteiger partial charge in [0.2, 0.25) is 5.91 Å². The molecule has 2 aliphatic rings. The molecule has 1 aromatic carbocycles. The number of nitrogens with two attached hydrogens (primary N) is 1. The monoisotopic (exact) mass is 394 g/mol. The van der Waals surface area contributed by atoms with Crippen molar-refractivity contribution in [3.63, 3.8) is 0 Å². The number of carbonyl (C=O) groups is 3. The molecule has 1 aliphatic carbocycles. The molecule has 8 nitrogen and oxygen atoms in total. The number of amides is 3. The number of nitrogens with zero attached hydrogens (tertiary/aromatic N) is 1. The van der Waals surface area contributed by atoms with Crippen molar-refractivity contribution in [1.82, 2.24) is 10.3 Å². The number of aromatic nitrogens is 1. The molecule has 29 heavy (non-hydrogen) atoms. The highest BCUT2D eigenvalue weighted by Gasteiger charge is 2.26. The Bertz CT molecular complexity index is 1040. The molecule has 0 spiro atoms. The van der Waals surface area contributed by atoms with Crippen molar-refractivity contribution in [2.75, 3.05) is 11.4 Å². The number of hydrogen-bond donors (Lipinski definition) is 3. The van der Waals surface area contributed by atoms with Gasteiger partial charge in [-0.25, -0.2) is 0 Å². The molecule has 1 atom stereocenters. The van der Waals surface area contributed by atoms with Gasteiger partial charge in [-0.1, -0.05) is 0 Å². The zero-order valence-corrected chi connectivity index (χ0v) is 15.9. The topological polar surface area (TPSA) is 125 Å². The molecule has 3 amide bonds. The van der Waals surface area contributed by atoms with Crippen molar-refractivity contribution in [1.29, 1.82) is 0 Å². The van der Waals surface area contributed by atoms with Crippen molar-refractivity contribution in [3.05, 3.63) is 63.1 Å². The molecule has 1 unspecified atom stereocenters. The highest BCUT2D eigenvalue weighted by atomic mass is 16.2. The van der Waals surface area contributed by atoms with Crippen LogP contribution >= 0.6 is 0 Å². The molecule has 8 heteroatoms. The van der Waals surface area contributed by atoms with Crippen LogP contribution in [0.25, 0.3) is 0 Å². The standard InChI is InChI=1S/C21H22N4O4/c22-19(27)15-11-14-16(3-1-4-17(14)24-21(15)29)23-20(28)12-6-8-13(9-7-12)25-10-2-5-18(25)26/h6-9,11,16H,1-5,10H2,(H2,22,27)(H,23,28)(H,24,29). The van der Waals surface area contributed by atoms with Crippen LogP contribution in [0, 0.1) is 0 Å². The van der Waals surface area contributed by atoms with Gasteiger partial charge in [0.25, 0.3) is 17.4 Å². The maximum atomic E-state index is 12.8. The summed E-state index contributed by atoms with van der Waals surface area (Å²) in [7, 11) is 0. The highest BCUT2D eigenvalue weighted by molar-refractivity contribution is 5.98. The number of fused-ring (bicyclic) bond motifs is 1. The van der Waals surface area contributed by atoms with Crippen LogP contribution in [-0.2, 0) is 11.2 Å². The van der Waals surface area contributed by atoms with Crippen molar-refractivity contribution in [3.8, 4) is 0 Å². The minimum absolute atomic E-state index is 0.0975. The minimum Gasteiger partial charge on any atom is -0.365 e. The lowest BCUT2D eigenvalue weighted by atomic mass is 9.90. The van der Waals surface area contributed by atoms with E-state index in [1.165, 1.54) is 6.07 Å². The Morgan fingerprint density at radius 2 is 1.86 bits per heavy atom. The molecule has 0 bridgehead atoms. The molecule has 0 radical (unpaired) electrons. The summed E-state index contributed by atoms with van der Waals surface area (Å²) in [4.78, 5) is 52.5. The summed E-state index contributed by atoms with van der Waals surface area (Å²) in [5, 5.41) is 2.98. The third kappa shape index (κ3) is 3.65. The van der Waals surface area contributed by atoms with Crippen LogP contribution in [0.15, 0.2) is 35.1 Å². The van der Waals surface area contributed by atoms with Crippen LogP contribution < -0.4 is 21.5 Å². The molecule has 4 N–H and O–H groups in total. The smallest absolute Gasteiger partial charge is 0.261 e. The van der Waals surface area contributed by atoms with Crippen LogP contribution in [0.1, 0.15) is 63.7 Å². The van der Waals surface area contributed by atoms with Gasteiger partial charge in [0.15, 0.2) is 0 Å². The van der Waals surface area contributed by atoms with Gasteiger partial charge in [-0.05, 0) is 61.6 Å². The molecule has 2 heterocycles. The number of benzene rings is 1. The van der Waals surface area contributed by atoms with E-state index in [1.54, 1.807) is 29.2 Å². The van der Waals surface area contributed by atoms with Crippen molar-refractivity contribution in [2.24, 2.45) is 5.73 Å². The Kier molecular flexibility index (Phi) is 4.92. The second kappa shape index (κ2) is 7.54. The summed E-state index contributed by atoms with van der Waals surface area (Å²) in [6.07, 6.45) is 3.58. The number of aryl methyl sites for hydroxylation is 1.